The molecule has 0 aliphatic carbocycles. The van der Waals surface area contributed by atoms with Crippen molar-refractivity contribution in [3.05, 3.63) is 18.2 Å². The fourth-order valence-corrected chi connectivity index (χ4v) is 2.88. The van der Waals surface area contributed by atoms with Gasteiger partial charge in [0.1, 0.15) is 5.75 Å². The zero-order chi connectivity index (χ0) is 15.7. The second-order valence-electron chi connectivity index (χ2n) is 5.17. The number of hydrogen-bond acceptors (Lipinski definition) is 5. The molecule has 116 valence electrons. The molecule has 1 amide bonds. The van der Waals surface area contributed by atoms with E-state index < -0.39 is 15.6 Å². The lowest BCUT2D eigenvalue weighted by Gasteiger charge is -2.22. The molecule has 0 saturated heterocycles. The van der Waals surface area contributed by atoms with Crippen LogP contribution in [0, 0.1) is 0 Å². The van der Waals surface area contributed by atoms with Crippen molar-refractivity contribution in [3.8, 4) is 5.75 Å². The normalized spacial score (nSPS) is 17.4. The highest BCUT2D eigenvalue weighted by atomic mass is 32.2. The third-order valence-electron chi connectivity index (χ3n) is 3.30. The SMILES string of the molecule is CCC(C)(O)CNS(=O)(=O)c1ccc2c(c1)NC(=O)CO2. The van der Waals surface area contributed by atoms with Crippen molar-refractivity contribution in [3.63, 3.8) is 0 Å². The van der Waals surface area contributed by atoms with Crippen LogP contribution in [0.1, 0.15) is 20.3 Å². The van der Waals surface area contributed by atoms with E-state index in [0.717, 1.165) is 0 Å². The van der Waals surface area contributed by atoms with Gasteiger partial charge in [0.15, 0.2) is 6.61 Å². The summed E-state index contributed by atoms with van der Waals surface area (Å²) in [6, 6.07) is 4.20. The van der Waals surface area contributed by atoms with Gasteiger partial charge in [0.2, 0.25) is 10.0 Å². The Hall–Kier alpha value is -1.64. The van der Waals surface area contributed by atoms with E-state index in [1.807, 2.05) is 0 Å². The number of rotatable bonds is 5. The van der Waals surface area contributed by atoms with Gasteiger partial charge in [-0.15, -0.1) is 0 Å². The molecule has 0 radical (unpaired) electrons. The van der Waals surface area contributed by atoms with Crippen molar-refractivity contribution >= 4 is 21.6 Å². The van der Waals surface area contributed by atoms with Crippen molar-refractivity contribution < 1.29 is 23.1 Å². The van der Waals surface area contributed by atoms with Crippen molar-refractivity contribution in [1.82, 2.24) is 4.72 Å². The molecular weight excluding hydrogens is 296 g/mol. The van der Waals surface area contributed by atoms with E-state index in [2.05, 4.69) is 10.0 Å². The number of sulfonamides is 1. The average Bonchev–Trinajstić information content (AvgIpc) is 2.44. The molecule has 21 heavy (non-hydrogen) atoms. The second-order valence-corrected chi connectivity index (χ2v) is 6.94. The van der Waals surface area contributed by atoms with Gasteiger partial charge in [0.05, 0.1) is 16.2 Å². The van der Waals surface area contributed by atoms with Crippen LogP contribution < -0.4 is 14.8 Å². The first-order valence-corrected chi connectivity index (χ1v) is 8.00. The summed E-state index contributed by atoms with van der Waals surface area (Å²) in [4.78, 5) is 11.2. The van der Waals surface area contributed by atoms with E-state index in [-0.39, 0.29) is 24.0 Å². The summed E-state index contributed by atoms with van der Waals surface area (Å²) >= 11 is 0. The molecule has 1 atom stereocenters. The number of benzene rings is 1. The summed E-state index contributed by atoms with van der Waals surface area (Å²) in [5, 5.41) is 12.4. The number of hydrogen-bond donors (Lipinski definition) is 3. The predicted molar refractivity (Wildman–Crippen MR) is 76.7 cm³/mol. The molecule has 0 bridgehead atoms. The van der Waals surface area contributed by atoms with Crippen LogP contribution in [0.2, 0.25) is 0 Å². The Kier molecular flexibility index (Phi) is 4.22. The summed E-state index contributed by atoms with van der Waals surface area (Å²) in [7, 11) is -3.77. The highest BCUT2D eigenvalue weighted by molar-refractivity contribution is 7.89. The van der Waals surface area contributed by atoms with E-state index in [1.54, 1.807) is 13.8 Å². The van der Waals surface area contributed by atoms with Gasteiger partial charge in [-0.25, -0.2) is 13.1 Å². The van der Waals surface area contributed by atoms with Crippen molar-refractivity contribution in [2.75, 3.05) is 18.5 Å². The van der Waals surface area contributed by atoms with Gasteiger partial charge in [-0.3, -0.25) is 4.79 Å². The summed E-state index contributed by atoms with van der Waals surface area (Å²) < 4.78 is 31.9. The molecule has 1 unspecified atom stereocenters. The molecular formula is C13H18N2O5S. The Morgan fingerprint density at radius 1 is 1.48 bits per heavy atom. The number of nitrogens with one attached hydrogen (secondary N) is 2. The molecule has 2 rings (SSSR count). The predicted octanol–water partition coefficient (Wildman–Crippen LogP) is 0.457. The van der Waals surface area contributed by atoms with Crippen LogP contribution in [0.15, 0.2) is 23.1 Å². The minimum Gasteiger partial charge on any atom is -0.482 e. The van der Waals surface area contributed by atoms with E-state index in [1.165, 1.54) is 18.2 Å². The van der Waals surface area contributed by atoms with Gasteiger partial charge in [-0.1, -0.05) is 6.92 Å². The number of aliphatic hydroxyl groups is 1. The molecule has 1 aromatic carbocycles. The van der Waals surface area contributed by atoms with Crippen LogP contribution in [-0.4, -0.2) is 38.2 Å². The van der Waals surface area contributed by atoms with Crippen LogP contribution in [0.4, 0.5) is 5.69 Å². The third kappa shape index (κ3) is 3.72. The van der Waals surface area contributed by atoms with Gasteiger partial charge < -0.3 is 15.2 Å². The largest absolute Gasteiger partial charge is 0.482 e. The maximum absolute atomic E-state index is 12.2. The third-order valence-corrected chi connectivity index (χ3v) is 4.70. The molecule has 0 fully saturated rings. The first kappa shape index (κ1) is 15.7. The molecule has 1 aliphatic heterocycles. The van der Waals surface area contributed by atoms with Crippen molar-refractivity contribution in [1.29, 1.82) is 0 Å². The fraction of sp³-hybridized carbons (Fsp3) is 0.462. The van der Waals surface area contributed by atoms with E-state index in [4.69, 9.17) is 4.74 Å². The molecule has 7 nitrogen and oxygen atoms in total. The minimum absolute atomic E-state index is 0.000969. The summed E-state index contributed by atoms with van der Waals surface area (Å²) in [5.41, 5.74) is -0.796. The highest BCUT2D eigenvalue weighted by Gasteiger charge is 2.24. The maximum Gasteiger partial charge on any atom is 0.262 e. The Bertz CT molecular complexity index is 655. The fourth-order valence-electron chi connectivity index (χ4n) is 1.69. The van der Waals surface area contributed by atoms with Crippen LogP contribution in [0.25, 0.3) is 0 Å². The number of fused-ring (bicyclic) bond motifs is 1. The Balaban J connectivity index is 2.21. The van der Waals surface area contributed by atoms with Gasteiger partial charge in [0, 0.05) is 6.54 Å². The molecule has 8 heteroatoms. The smallest absolute Gasteiger partial charge is 0.262 e. The summed E-state index contributed by atoms with van der Waals surface area (Å²) in [6.45, 7) is 3.14. The molecule has 1 aromatic rings. The number of carbonyl (C=O) groups excluding carboxylic acids is 1. The molecule has 1 heterocycles. The number of anilines is 1. The first-order chi connectivity index (χ1) is 9.73. The van der Waals surface area contributed by atoms with Crippen LogP contribution in [0.5, 0.6) is 5.75 Å². The summed E-state index contributed by atoms with van der Waals surface area (Å²) in [5.74, 6) is 0.0908. The average molecular weight is 314 g/mol. The molecule has 0 saturated carbocycles. The van der Waals surface area contributed by atoms with E-state index >= 15 is 0 Å². The van der Waals surface area contributed by atoms with Crippen LogP contribution >= 0.6 is 0 Å². The zero-order valence-corrected chi connectivity index (χ0v) is 12.7. The Labute approximate surface area is 123 Å². The molecule has 0 aromatic heterocycles. The monoisotopic (exact) mass is 314 g/mol. The van der Waals surface area contributed by atoms with Crippen molar-refractivity contribution in [2.24, 2.45) is 0 Å². The van der Waals surface area contributed by atoms with E-state index in [0.29, 0.717) is 17.9 Å². The molecule has 3 N–H and O–H groups in total. The van der Waals surface area contributed by atoms with Gasteiger partial charge in [-0.2, -0.15) is 0 Å². The van der Waals surface area contributed by atoms with Crippen LogP contribution in [-0.2, 0) is 14.8 Å². The van der Waals surface area contributed by atoms with Gasteiger partial charge in [0.25, 0.3) is 5.91 Å². The van der Waals surface area contributed by atoms with Gasteiger partial charge in [-0.05, 0) is 31.5 Å². The minimum atomic E-state index is -3.77. The molecule has 1 aliphatic rings. The van der Waals surface area contributed by atoms with Crippen LogP contribution in [0.3, 0.4) is 0 Å². The van der Waals surface area contributed by atoms with Crippen molar-refractivity contribution in [2.45, 2.75) is 30.8 Å². The number of amides is 1. The highest BCUT2D eigenvalue weighted by Crippen LogP contribution is 2.30. The molecule has 0 spiro atoms. The lowest BCUT2D eigenvalue weighted by Crippen LogP contribution is -2.40. The Morgan fingerprint density at radius 2 is 2.19 bits per heavy atom. The number of ether oxygens (including phenoxy) is 1. The standard InChI is InChI=1S/C13H18N2O5S/c1-3-13(2,17)8-14-21(18,19)9-4-5-11-10(6-9)15-12(16)7-20-11/h4-6,14,17H,3,7-8H2,1-2H3,(H,15,16). The quantitative estimate of drug-likeness (QED) is 0.732. The first-order valence-electron chi connectivity index (χ1n) is 6.52. The Morgan fingerprint density at radius 3 is 2.86 bits per heavy atom. The van der Waals surface area contributed by atoms with E-state index in [9.17, 15) is 18.3 Å². The topological polar surface area (TPSA) is 105 Å². The lowest BCUT2D eigenvalue weighted by atomic mass is 10.1. The maximum atomic E-state index is 12.2. The summed E-state index contributed by atoms with van der Waals surface area (Å²) in [6.07, 6.45) is 0.420. The number of carbonyl (C=O) groups is 1. The second kappa shape index (κ2) is 5.63. The zero-order valence-electron chi connectivity index (χ0n) is 11.8. The lowest BCUT2D eigenvalue weighted by molar-refractivity contribution is -0.118. The van der Waals surface area contributed by atoms with Gasteiger partial charge >= 0.3 is 0 Å².